The van der Waals surface area contributed by atoms with E-state index < -0.39 is 0 Å². The molecule has 0 aliphatic heterocycles. The molecule has 0 saturated carbocycles. The minimum absolute atomic E-state index is 0.635. The maximum absolute atomic E-state index is 5.29. The molecule has 0 aliphatic carbocycles. The van der Waals surface area contributed by atoms with Gasteiger partial charge in [0.1, 0.15) is 0 Å². The zero-order valence-electron chi connectivity index (χ0n) is 12.8. The van der Waals surface area contributed by atoms with Gasteiger partial charge in [0.05, 0.1) is 11.9 Å². The first kappa shape index (κ1) is 15.4. The molecule has 3 aromatic rings. The topological polar surface area (TPSA) is 37.0 Å². The number of fused-ring (bicyclic) bond motifs is 1. The zero-order chi connectivity index (χ0) is 15.9. The van der Waals surface area contributed by atoms with Gasteiger partial charge in [-0.3, -0.25) is 4.98 Å². The molecule has 3 rings (SSSR count). The van der Waals surface area contributed by atoms with E-state index in [0.717, 1.165) is 25.1 Å². The molecule has 116 valence electrons. The molecule has 0 amide bonds. The lowest BCUT2D eigenvalue weighted by Gasteiger charge is -2.11. The molecule has 1 heterocycles. The van der Waals surface area contributed by atoms with Crippen molar-refractivity contribution in [1.82, 2.24) is 10.3 Å². The second-order valence-electron chi connectivity index (χ2n) is 5.36. The van der Waals surface area contributed by atoms with Gasteiger partial charge in [-0.25, -0.2) is 0 Å². The highest BCUT2D eigenvalue weighted by molar-refractivity contribution is 7.80. The fraction of sp³-hybridized carbons (Fsp3) is 0.158. The molecule has 0 saturated heterocycles. The molecular weight excluding hydrogens is 302 g/mol. The van der Waals surface area contributed by atoms with Crippen LogP contribution in [0.2, 0.25) is 0 Å². The van der Waals surface area contributed by atoms with Crippen LogP contribution in [0.4, 0.5) is 5.69 Å². The highest BCUT2D eigenvalue weighted by atomic mass is 32.1. The Bertz CT molecular complexity index is 781. The first-order chi connectivity index (χ1) is 11.3. The van der Waals surface area contributed by atoms with Crippen LogP contribution >= 0.6 is 12.2 Å². The normalized spacial score (nSPS) is 10.4. The van der Waals surface area contributed by atoms with Crippen molar-refractivity contribution >= 4 is 33.8 Å². The van der Waals surface area contributed by atoms with Crippen molar-refractivity contribution in [3.8, 4) is 0 Å². The predicted molar refractivity (Wildman–Crippen MR) is 101 cm³/mol. The van der Waals surface area contributed by atoms with E-state index in [1.165, 1.54) is 16.3 Å². The second kappa shape index (κ2) is 7.70. The number of nitrogens with one attached hydrogen (secondary N) is 2. The van der Waals surface area contributed by atoms with E-state index in [4.69, 9.17) is 12.2 Å². The summed E-state index contributed by atoms with van der Waals surface area (Å²) < 4.78 is 0. The summed E-state index contributed by atoms with van der Waals surface area (Å²) in [6.07, 6.45) is 5.56. The maximum atomic E-state index is 5.29. The van der Waals surface area contributed by atoms with Gasteiger partial charge >= 0.3 is 0 Å². The van der Waals surface area contributed by atoms with E-state index >= 15 is 0 Å². The Balaban J connectivity index is 1.49. The fourth-order valence-electron chi connectivity index (χ4n) is 2.60. The summed E-state index contributed by atoms with van der Waals surface area (Å²) in [6, 6.07) is 18.8. The Labute approximate surface area is 141 Å². The Morgan fingerprint density at radius 3 is 2.74 bits per heavy atom. The Morgan fingerprint density at radius 1 is 1.00 bits per heavy atom. The van der Waals surface area contributed by atoms with E-state index in [1.807, 2.05) is 12.1 Å². The summed E-state index contributed by atoms with van der Waals surface area (Å²) >= 11 is 5.29. The van der Waals surface area contributed by atoms with Crippen LogP contribution in [0, 0.1) is 0 Å². The Hall–Kier alpha value is -2.46. The zero-order valence-corrected chi connectivity index (χ0v) is 13.6. The third-order valence-corrected chi connectivity index (χ3v) is 3.95. The molecular formula is C19H19N3S. The van der Waals surface area contributed by atoms with Crippen molar-refractivity contribution in [2.75, 3.05) is 11.9 Å². The smallest absolute Gasteiger partial charge is 0.170 e. The van der Waals surface area contributed by atoms with Gasteiger partial charge in [-0.1, -0.05) is 42.5 Å². The Morgan fingerprint density at radius 2 is 1.87 bits per heavy atom. The third-order valence-electron chi connectivity index (χ3n) is 3.71. The van der Waals surface area contributed by atoms with Gasteiger partial charge in [-0.15, -0.1) is 0 Å². The van der Waals surface area contributed by atoms with E-state index in [1.54, 1.807) is 12.4 Å². The highest BCUT2D eigenvalue weighted by Gasteiger charge is 2.01. The van der Waals surface area contributed by atoms with Crippen LogP contribution in [-0.4, -0.2) is 16.6 Å². The number of benzene rings is 2. The Kier molecular flexibility index (Phi) is 5.17. The van der Waals surface area contributed by atoms with Crippen LogP contribution in [0.5, 0.6) is 0 Å². The molecule has 0 fully saturated rings. The van der Waals surface area contributed by atoms with Crippen molar-refractivity contribution in [3.63, 3.8) is 0 Å². The number of nitrogens with zero attached hydrogens (tertiary/aromatic N) is 1. The van der Waals surface area contributed by atoms with Gasteiger partial charge in [0, 0.05) is 12.7 Å². The number of thiocarbonyl (C=S) groups is 1. The summed E-state index contributed by atoms with van der Waals surface area (Å²) in [5, 5.41) is 9.64. The van der Waals surface area contributed by atoms with Gasteiger partial charge in [0.15, 0.2) is 5.11 Å². The summed E-state index contributed by atoms with van der Waals surface area (Å²) in [5.74, 6) is 0. The summed E-state index contributed by atoms with van der Waals surface area (Å²) in [7, 11) is 0. The number of hydrogen-bond acceptors (Lipinski definition) is 2. The number of rotatable bonds is 5. The molecule has 0 atom stereocenters. The number of anilines is 1. The van der Waals surface area contributed by atoms with Crippen LogP contribution in [0.1, 0.15) is 12.0 Å². The molecule has 1 aromatic heterocycles. The lowest BCUT2D eigenvalue weighted by Crippen LogP contribution is -2.29. The first-order valence-electron chi connectivity index (χ1n) is 7.74. The van der Waals surface area contributed by atoms with Gasteiger partial charge in [0.2, 0.25) is 0 Å². The van der Waals surface area contributed by atoms with Crippen molar-refractivity contribution in [2.24, 2.45) is 0 Å². The van der Waals surface area contributed by atoms with Crippen molar-refractivity contribution in [2.45, 2.75) is 12.8 Å². The highest BCUT2D eigenvalue weighted by Crippen LogP contribution is 2.19. The molecule has 0 bridgehead atoms. The molecule has 0 unspecified atom stereocenters. The van der Waals surface area contributed by atoms with Crippen molar-refractivity contribution in [1.29, 1.82) is 0 Å². The minimum Gasteiger partial charge on any atom is -0.362 e. The summed E-state index contributed by atoms with van der Waals surface area (Å²) in [4.78, 5) is 4.05. The molecule has 3 nitrogen and oxygen atoms in total. The molecule has 23 heavy (non-hydrogen) atoms. The third kappa shape index (κ3) is 4.27. The van der Waals surface area contributed by atoms with Crippen molar-refractivity contribution < 1.29 is 0 Å². The van der Waals surface area contributed by atoms with Crippen molar-refractivity contribution in [3.05, 3.63) is 72.6 Å². The summed E-state index contributed by atoms with van der Waals surface area (Å²) in [5.41, 5.74) is 2.29. The monoisotopic (exact) mass is 321 g/mol. The van der Waals surface area contributed by atoms with Crippen LogP contribution in [0.3, 0.4) is 0 Å². The van der Waals surface area contributed by atoms with Gasteiger partial charge in [-0.05, 0) is 53.5 Å². The van der Waals surface area contributed by atoms with Crippen LogP contribution < -0.4 is 10.6 Å². The number of hydrogen-bond donors (Lipinski definition) is 2. The molecule has 2 aromatic carbocycles. The lowest BCUT2D eigenvalue weighted by atomic mass is 10.0. The maximum Gasteiger partial charge on any atom is 0.170 e. The van der Waals surface area contributed by atoms with Gasteiger partial charge < -0.3 is 10.6 Å². The first-order valence-corrected chi connectivity index (χ1v) is 8.15. The number of aryl methyl sites for hydroxylation is 1. The average molecular weight is 321 g/mol. The molecule has 4 heteroatoms. The second-order valence-corrected chi connectivity index (χ2v) is 5.77. The molecule has 0 radical (unpaired) electrons. The minimum atomic E-state index is 0.635. The predicted octanol–water partition coefficient (Wildman–Crippen LogP) is 4.15. The largest absolute Gasteiger partial charge is 0.362 e. The number of aromatic nitrogens is 1. The van der Waals surface area contributed by atoms with Crippen LogP contribution in [0.15, 0.2) is 67.0 Å². The van der Waals surface area contributed by atoms with Gasteiger partial charge in [0.25, 0.3) is 0 Å². The van der Waals surface area contributed by atoms with E-state index in [0.29, 0.717) is 5.11 Å². The molecule has 2 N–H and O–H groups in total. The van der Waals surface area contributed by atoms with E-state index in [9.17, 15) is 0 Å². The molecule has 0 aliphatic rings. The summed E-state index contributed by atoms with van der Waals surface area (Å²) in [6.45, 7) is 0.843. The van der Waals surface area contributed by atoms with Gasteiger partial charge in [-0.2, -0.15) is 0 Å². The van der Waals surface area contributed by atoms with E-state index in [-0.39, 0.29) is 0 Å². The van der Waals surface area contributed by atoms with Crippen LogP contribution in [-0.2, 0) is 6.42 Å². The molecule has 0 spiro atoms. The fourth-order valence-corrected chi connectivity index (χ4v) is 2.82. The average Bonchev–Trinajstić information content (AvgIpc) is 2.60. The standard InChI is InChI=1S/C19H19N3S/c23-19(22-17-10-5-12-20-14-17)21-13-4-9-16-8-3-7-15-6-1-2-11-18(15)16/h1-3,5-8,10-12,14H,4,9,13H2,(H2,21,22,23). The SMILES string of the molecule is S=C(NCCCc1cccc2ccccc12)Nc1cccnc1. The van der Waals surface area contributed by atoms with E-state index in [2.05, 4.69) is 58.1 Å². The lowest BCUT2D eigenvalue weighted by molar-refractivity contribution is 0.780. The van der Waals surface area contributed by atoms with Crippen LogP contribution in [0.25, 0.3) is 10.8 Å². The number of pyridine rings is 1. The quantitative estimate of drug-likeness (QED) is 0.547.